The Morgan fingerprint density at radius 3 is 2.71 bits per heavy atom. The van der Waals surface area contributed by atoms with Gasteiger partial charge in [-0.25, -0.2) is 0 Å². The summed E-state index contributed by atoms with van der Waals surface area (Å²) in [6, 6.07) is 2.08. The van der Waals surface area contributed by atoms with Crippen LogP contribution in [0.2, 0.25) is 0 Å². The van der Waals surface area contributed by atoms with Gasteiger partial charge in [-0.3, -0.25) is 9.59 Å². The van der Waals surface area contributed by atoms with Gasteiger partial charge in [0, 0.05) is 12.8 Å². The van der Waals surface area contributed by atoms with E-state index in [0.717, 1.165) is 0 Å². The van der Waals surface area contributed by atoms with Gasteiger partial charge in [-0.2, -0.15) is 5.26 Å². The number of hydrogen-bond acceptors (Lipinski definition) is 4. The Bertz CT molecular complexity index is 470. The van der Waals surface area contributed by atoms with Crippen molar-refractivity contribution in [2.24, 2.45) is 5.41 Å². The van der Waals surface area contributed by atoms with E-state index >= 15 is 0 Å². The number of nitrogens with zero attached hydrogens (tertiary/aromatic N) is 1. The van der Waals surface area contributed by atoms with Gasteiger partial charge in [0.25, 0.3) is 0 Å². The molecule has 4 heteroatoms. The van der Waals surface area contributed by atoms with E-state index in [4.69, 9.17) is 4.74 Å². The first-order valence-electron chi connectivity index (χ1n) is 5.66. The summed E-state index contributed by atoms with van der Waals surface area (Å²) in [4.78, 5) is 23.8. The summed E-state index contributed by atoms with van der Waals surface area (Å²) in [7, 11) is 0. The Morgan fingerprint density at radius 2 is 2.12 bits per heavy atom. The predicted molar refractivity (Wildman–Crippen MR) is 60.0 cm³/mol. The number of hydrogen-bond donors (Lipinski definition) is 0. The van der Waals surface area contributed by atoms with E-state index in [1.165, 1.54) is 6.08 Å². The highest BCUT2D eigenvalue weighted by Gasteiger charge is 2.56. The Balaban J connectivity index is 2.54. The number of allylic oxidation sites excluding steroid dienone is 1. The number of fused-ring (bicyclic) bond motifs is 1. The van der Waals surface area contributed by atoms with Crippen LogP contribution in [0.5, 0.6) is 0 Å². The molecule has 17 heavy (non-hydrogen) atoms. The fourth-order valence-corrected chi connectivity index (χ4v) is 2.71. The second-order valence-corrected chi connectivity index (χ2v) is 5.38. The van der Waals surface area contributed by atoms with E-state index in [2.05, 4.69) is 6.07 Å². The summed E-state index contributed by atoms with van der Waals surface area (Å²) in [5.74, 6) is -0.216. The van der Waals surface area contributed by atoms with Crippen molar-refractivity contribution in [3.8, 4) is 6.07 Å². The van der Waals surface area contributed by atoms with Crippen molar-refractivity contribution in [3.63, 3.8) is 0 Å². The number of ketones is 2. The molecule has 0 aromatic carbocycles. The van der Waals surface area contributed by atoms with Crippen LogP contribution in [-0.2, 0) is 14.3 Å². The second kappa shape index (κ2) is 3.51. The molecular formula is C13H15NO3. The normalized spacial score (nSPS) is 35.9. The average molecular weight is 233 g/mol. The van der Waals surface area contributed by atoms with Gasteiger partial charge in [0.1, 0.15) is 0 Å². The lowest BCUT2D eigenvalue weighted by atomic mass is 9.65. The van der Waals surface area contributed by atoms with Crippen LogP contribution in [0.1, 0.15) is 33.6 Å². The zero-order valence-corrected chi connectivity index (χ0v) is 10.2. The summed E-state index contributed by atoms with van der Waals surface area (Å²) in [6.07, 6.45) is 1.08. The summed E-state index contributed by atoms with van der Waals surface area (Å²) in [6.45, 7) is 5.28. The molecule has 90 valence electrons. The molecule has 2 aliphatic rings. The molecule has 4 nitrogen and oxygen atoms in total. The molecule has 0 aromatic heterocycles. The summed E-state index contributed by atoms with van der Waals surface area (Å²) >= 11 is 0. The third kappa shape index (κ3) is 1.62. The summed E-state index contributed by atoms with van der Waals surface area (Å²) in [5.41, 5.74) is -1.33. The topological polar surface area (TPSA) is 67.2 Å². The Labute approximate surface area is 100 Å². The highest BCUT2D eigenvalue weighted by molar-refractivity contribution is 6.00. The number of ether oxygens (including phenoxy) is 1. The van der Waals surface area contributed by atoms with E-state index in [1.54, 1.807) is 6.92 Å². The molecule has 0 unspecified atom stereocenters. The summed E-state index contributed by atoms with van der Waals surface area (Å²) < 4.78 is 5.78. The second-order valence-electron chi connectivity index (χ2n) is 5.38. The van der Waals surface area contributed by atoms with E-state index in [9.17, 15) is 14.9 Å². The minimum absolute atomic E-state index is 0.0797. The molecule has 0 aromatic rings. The van der Waals surface area contributed by atoms with Crippen molar-refractivity contribution in [1.82, 2.24) is 0 Å². The molecule has 1 heterocycles. The minimum atomic E-state index is -1.25. The van der Waals surface area contributed by atoms with Crippen LogP contribution in [0.4, 0.5) is 0 Å². The lowest BCUT2D eigenvalue weighted by molar-refractivity contribution is -0.171. The van der Waals surface area contributed by atoms with E-state index in [-0.39, 0.29) is 24.4 Å². The SMILES string of the molecule is CC1=CC(=O)C[C@H]2OC(C)(C)CC(=O)[C@@]12C#N. The van der Waals surface area contributed by atoms with E-state index < -0.39 is 17.1 Å². The van der Waals surface area contributed by atoms with Gasteiger partial charge in [-0.05, 0) is 32.4 Å². The van der Waals surface area contributed by atoms with E-state index in [1.807, 2.05) is 13.8 Å². The first-order valence-corrected chi connectivity index (χ1v) is 5.66. The van der Waals surface area contributed by atoms with Gasteiger partial charge in [0.2, 0.25) is 0 Å². The number of rotatable bonds is 0. The van der Waals surface area contributed by atoms with Crippen molar-refractivity contribution in [1.29, 1.82) is 5.26 Å². The van der Waals surface area contributed by atoms with Gasteiger partial charge < -0.3 is 4.74 Å². The lowest BCUT2D eigenvalue weighted by Crippen LogP contribution is -2.56. The van der Waals surface area contributed by atoms with Crippen molar-refractivity contribution < 1.29 is 14.3 Å². The number of carbonyl (C=O) groups is 2. The molecule has 1 fully saturated rings. The zero-order valence-electron chi connectivity index (χ0n) is 10.2. The van der Waals surface area contributed by atoms with Crippen molar-refractivity contribution in [3.05, 3.63) is 11.6 Å². The van der Waals surface area contributed by atoms with Crippen LogP contribution >= 0.6 is 0 Å². The third-order valence-electron chi connectivity index (χ3n) is 3.53. The van der Waals surface area contributed by atoms with Gasteiger partial charge in [-0.15, -0.1) is 0 Å². The molecule has 1 aliphatic carbocycles. The Morgan fingerprint density at radius 1 is 1.47 bits per heavy atom. The summed E-state index contributed by atoms with van der Waals surface area (Å²) in [5, 5.41) is 9.37. The molecule has 2 atom stereocenters. The smallest absolute Gasteiger partial charge is 0.163 e. The van der Waals surface area contributed by atoms with Crippen molar-refractivity contribution >= 4 is 11.6 Å². The number of nitriles is 1. The lowest BCUT2D eigenvalue weighted by Gasteiger charge is -2.46. The van der Waals surface area contributed by atoms with Crippen molar-refractivity contribution in [2.75, 3.05) is 0 Å². The molecular weight excluding hydrogens is 218 g/mol. The van der Waals surface area contributed by atoms with Crippen LogP contribution in [-0.4, -0.2) is 23.3 Å². The molecule has 2 rings (SSSR count). The number of carbonyl (C=O) groups excluding carboxylic acids is 2. The molecule has 0 bridgehead atoms. The minimum Gasteiger partial charge on any atom is -0.369 e. The van der Waals surface area contributed by atoms with Crippen molar-refractivity contribution in [2.45, 2.75) is 45.3 Å². The quantitative estimate of drug-likeness (QED) is 0.636. The van der Waals surface area contributed by atoms with Crippen LogP contribution in [0.25, 0.3) is 0 Å². The standard InChI is InChI=1S/C13H15NO3/c1-8-4-9(15)5-11-13(8,7-14)10(16)6-12(2,3)17-11/h4,11H,5-6H2,1-3H3/t11-,13-/m1/s1. The van der Waals surface area contributed by atoms with Crippen LogP contribution in [0.15, 0.2) is 11.6 Å². The maximum absolute atomic E-state index is 12.3. The van der Waals surface area contributed by atoms with Crippen LogP contribution < -0.4 is 0 Å². The van der Waals surface area contributed by atoms with Gasteiger partial charge in [-0.1, -0.05) is 0 Å². The van der Waals surface area contributed by atoms with Crippen LogP contribution in [0.3, 0.4) is 0 Å². The molecule has 0 amide bonds. The average Bonchev–Trinajstić information content (AvgIpc) is 2.14. The number of Topliss-reactive ketones (excluding diaryl/α,β-unsaturated/α-hetero) is 1. The molecule has 0 N–H and O–H groups in total. The molecule has 0 saturated carbocycles. The zero-order chi connectivity index (χ0) is 12.8. The monoisotopic (exact) mass is 233 g/mol. The largest absolute Gasteiger partial charge is 0.369 e. The van der Waals surface area contributed by atoms with Gasteiger partial charge >= 0.3 is 0 Å². The fraction of sp³-hybridized carbons (Fsp3) is 0.615. The van der Waals surface area contributed by atoms with Gasteiger partial charge in [0.15, 0.2) is 17.0 Å². The maximum atomic E-state index is 12.3. The highest BCUT2D eigenvalue weighted by atomic mass is 16.5. The molecule has 0 radical (unpaired) electrons. The molecule has 1 saturated heterocycles. The van der Waals surface area contributed by atoms with Crippen LogP contribution in [0, 0.1) is 16.7 Å². The predicted octanol–water partition coefficient (Wildman–Crippen LogP) is 1.55. The first kappa shape index (κ1) is 12.0. The maximum Gasteiger partial charge on any atom is 0.163 e. The highest BCUT2D eigenvalue weighted by Crippen LogP contribution is 2.46. The van der Waals surface area contributed by atoms with Gasteiger partial charge in [0.05, 0.1) is 17.8 Å². The first-order chi connectivity index (χ1) is 7.82. The third-order valence-corrected chi connectivity index (χ3v) is 3.53. The molecule has 1 aliphatic heterocycles. The molecule has 0 spiro atoms. The Hall–Kier alpha value is -1.47. The fourth-order valence-electron chi connectivity index (χ4n) is 2.71. The Kier molecular flexibility index (Phi) is 2.48. The van der Waals surface area contributed by atoms with E-state index in [0.29, 0.717) is 5.57 Å².